The molecule has 1 amide bonds. The van der Waals surface area contributed by atoms with Crippen molar-refractivity contribution in [2.24, 2.45) is 5.92 Å². The molecule has 0 radical (unpaired) electrons. The molecule has 0 aromatic heterocycles. The van der Waals surface area contributed by atoms with Gasteiger partial charge in [-0.05, 0) is 55.2 Å². The van der Waals surface area contributed by atoms with Gasteiger partial charge in [0.1, 0.15) is 5.75 Å². The van der Waals surface area contributed by atoms with Crippen molar-refractivity contribution in [1.29, 1.82) is 0 Å². The molecule has 0 saturated heterocycles. The summed E-state index contributed by atoms with van der Waals surface area (Å²) >= 11 is 0. The summed E-state index contributed by atoms with van der Waals surface area (Å²) in [5.74, 6) is 1.03. The Morgan fingerprint density at radius 3 is 2.42 bits per heavy atom. The molecule has 128 valence electrons. The van der Waals surface area contributed by atoms with Crippen LogP contribution in [0.4, 0.5) is 11.4 Å². The number of hydrogen-bond acceptors (Lipinski definition) is 3. The highest BCUT2D eigenvalue weighted by atomic mass is 16.5. The predicted molar refractivity (Wildman–Crippen MR) is 99.8 cm³/mol. The minimum atomic E-state index is -0.102. The Bertz CT molecular complexity index is 676. The average Bonchev–Trinajstić information content (AvgIpc) is 2.51. The number of carbonyl (C=O) groups is 1. The van der Waals surface area contributed by atoms with Crippen LogP contribution in [0.15, 0.2) is 42.5 Å². The third kappa shape index (κ3) is 5.61. The lowest BCUT2D eigenvalue weighted by molar-refractivity contribution is -0.114. The van der Waals surface area contributed by atoms with Gasteiger partial charge >= 0.3 is 0 Å². The molecular weight excluding hydrogens is 300 g/mol. The molecule has 0 aliphatic carbocycles. The van der Waals surface area contributed by atoms with Gasteiger partial charge < -0.3 is 15.4 Å². The molecule has 2 rings (SSSR count). The van der Waals surface area contributed by atoms with Crippen molar-refractivity contribution >= 4 is 17.3 Å². The van der Waals surface area contributed by atoms with Crippen LogP contribution in [0.1, 0.15) is 25.0 Å². The van der Waals surface area contributed by atoms with E-state index in [0.29, 0.717) is 24.0 Å². The highest BCUT2D eigenvalue weighted by Gasteiger charge is 2.08. The number of rotatable bonds is 7. The number of amides is 1. The third-order valence-electron chi connectivity index (χ3n) is 3.41. The second kappa shape index (κ2) is 8.39. The summed E-state index contributed by atoms with van der Waals surface area (Å²) in [6.07, 6.45) is 0. The standard InChI is InChI=1S/C20H26N2O2/c1-14(2)13-24-19-8-6-5-7-18(19)22-20(23)12-21-17-10-15(3)9-16(4)11-17/h5-11,14,21H,12-13H2,1-4H3,(H,22,23). The molecule has 2 aromatic rings. The van der Waals surface area contributed by atoms with E-state index in [1.54, 1.807) is 0 Å². The molecule has 2 aromatic carbocycles. The molecule has 0 spiro atoms. The fourth-order valence-corrected chi connectivity index (χ4v) is 2.41. The van der Waals surface area contributed by atoms with Crippen molar-refractivity contribution in [1.82, 2.24) is 0 Å². The zero-order valence-electron chi connectivity index (χ0n) is 14.8. The summed E-state index contributed by atoms with van der Waals surface area (Å²) in [7, 11) is 0. The number of para-hydroxylation sites is 2. The summed E-state index contributed by atoms with van der Waals surface area (Å²) in [4.78, 5) is 12.2. The van der Waals surface area contributed by atoms with E-state index in [4.69, 9.17) is 4.74 Å². The van der Waals surface area contributed by atoms with Crippen LogP contribution in [-0.4, -0.2) is 19.1 Å². The van der Waals surface area contributed by atoms with Crippen LogP contribution >= 0.6 is 0 Å². The minimum absolute atomic E-state index is 0.102. The third-order valence-corrected chi connectivity index (χ3v) is 3.41. The molecule has 4 heteroatoms. The maximum absolute atomic E-state index is 12.2. The first-order chi connectivity index (χ1) is 11.4. The van der Waals surface area contributed by atoms with Crippen molar-refractivity contribution in [3.05, 3.63) is 53.6 Å². The zero-order chi connectivity index (χ0) is 17.5. The second-order valence-electron chi connectivity index (χ2n) is 6.48. The summed E-state index contributed by atoms with van der Waals surface area (Å²) in [5, 5.41) is 6.07. The van der Waals surface area contributed by atoms with E-state index in [9.17, 15) is 4.79 Å². The largest absolute Gasteiger partial charge is 0.491 e. The summed E-state index contributed by atoms with van der Waals surface area (Å²) in [6, 6.07) is 13.7. The van der Waals surface area contributed by atoms with Crippen LogP contribution in [0.25, 0.3) is 0 Å². The Hall–Kier alpha value is -2.49. The second-order valence-corrected chi connectivity index (χ2v) is 6.48. The quantitative estimate of drug-likeness (QED) is 0.793. The molecule has 4 nitrogen and oxygen atoms in total. The van der Waals surface area contributed by atoms with Gasteiger partial charge in [0.2, 0.25) is 5.91 Å². The van der Waals surface area contributed by atoms with Gasteiger partial charge in [-0.15, -0.1) is 0 Å². The molecule has 0 saturated carbocycles. The van der Waals surface area contributed by atoms with Gasteiger partial charge in [-0.3, -0.25) is 4.79 Å². The molecule has 0 bridgehead atoms. The fraction of sp³-hybridized carbons (Fsp3) is 0.350. The SMILES string of the molecule is Cc1cc(C)cc(NCC(=O)Nc2ccccc2OCC(C)C)c1. The Kier molecular flexibility index (Phi) is 6.24. The van der Waals surface area contributed by atoms with Gasteiger partial charge in [0.15, 0.2) is 0 Å². The molecule has 0 fully saturated rings. The van der Waals surface area contributed by atoms with Crippen LogP contribution < -0.4 is 15.4 Å². The van der Waals surface area contributed by atoms with Crippen LogP contribution in [0.3, 0.4) is 0 Å². The number of nitrogens with one attached hydrogen (secondary N) is 2. The van der Waals surface area contributed by atoms with Crippen molar-refractivity contribution in [3.8, 4) is 5.75 Å². The number of anilines is 2. The number of ether oxygens (including phenoxy) is 1. The maximum atomic E-state index is 12.2. The number of hydrogen-bond donors (Lipinski definition) is 2. The van der Waals surface area contributed by atoms with E-state index in [1.807, 2.05) is 50.2 Å². The zero-order valence-corrected chi connectivity index (χ0v) is 14.8. The predicted octanol–water partition coefficient (Wildman–Crippen LogP) is 4.39. The van der Waals surface area contributed by atoms with E-state index in [1.165, 1.54) is 11.1 Å². The fourth-order valence-electron chi connectivity index (χ4n) is 2.41. The Morgan fingerprint density at radius 1 is 1.08 bits per heavy atom. The van der Waals surface area contributed by atoms with E-state index < -0.39 is 0 Å². The lowest BCUT2D eigenvalue weighted by atomic mass is 10.1. The van der Waals surface area contributed by atoms with E-state index in [0.717, 1.165) is 5.69 Å². The first-order valence-corrected chi connectivity index (χ1v) is 8.28. The highest BCUT2D eigenvalue weighted by molar-refractivity contribution is 5.95. The lowest BCUT2D eigenvalue weighted by Crippen LogP contribution is -2.22. The van der Waals surface area contributed by atoms with E-state index >= 15 is 0 Å². The molecule has 0 unspecified atom stereocenters. The van der Waals surface area contributed by atoms with Crippen molar-refractivity contribution in [2.75, 3.05) is 23.8 Å². The smallest absolute Gasteiger partial charge is 0.243 e. The molecule has 0 aliphatic rings. The number of aryl methyl sites for hydroxylation is 2. The monoisotopic (exact) mass is 326 g/mol. The first kappa shape index (κ1) is 17.9. The highest BCUT2D eigenvalue weighted by Crippen LogP contribution is 2.24. The normalized spacial score (nSPS) is 10.5. The van der Waals surface area contributed by atoms with Gasteiger partial charge in [0.05, 0.1) is 18.8 Å². The molecule has 0 heterocycles. The van der Waals surface area contributed by atoms with Crippen molar-refractivity contribution in [3.63, 3.8) is 0 Å². The summed E-state index contributed by atoms with van der Waals surface area (Å²) in [5.41, 5.74) is 3.99. The van der Waals surface area contributed by atoms with Crippen LogP contribution in [0.2, 0.25) is 0 Å². The van der Waals surface area contributed by atoms with Gasteiger partial charge in [0.25, 0.3) is 0 Å². The Morgan fingerprint density at radius 2 is 1.75 bits per heavy atom. The molecule has 0 aliphatic heterocycles. The molecule has 2 N–H and O–H groups in total. The molecular formula is C20H26N2O2. The van der Waals surface area contributed by atoms with Gasteiger partial charge in [-0.1, -0.05) is 32.0 Å². The van der Waals surface area contributed by atoms with Crippen LogP contribution in [0.5, 0.6) is 5.75 Å². The minimum Gasteiger partial charge on any atom is -0.491 e. The number of carbonyl (C=O) groups excluding carboxylic acids is 1. The maximum Gasteiger partial charge on any atom is 0.243 e. The summed E-state index contributed by atoms with van der Waals surface area (Å²) in [6.45, 7) is 9.10. The molecule has 0 atom stereocenters. The number of benzene rings is 2. The first-order valence-electron chi connectivity index (χ1n) is 8.28. The molecule has 24 heavy (non-hydrogen) atoms. The van der Waals surface area contributed by atoms with Crippen molar-refractivity contribution < 1.29 is 9.53 Å². The van der Waals surface area contributed by atoms with Crippen LogP contribution in [0, 0.1) is 19.8 Å². The van der Waals surface area contributed by atoms with Gasteiger partial charge in [-0.25, -0.2) is 0 Å². The lowest BCUT2D eigenvalue weighted by Gasteiger charge is -2.14. The summed E-state index contributed by atoms with van der Waals surface area (Å²) < 4.78 is 5.76. The Balaban J connectivity index is 1.94. The van der Waals surface area contributed by atoms with Crippen molar-refractivity contribution in [2.45, 2.75) is 27.7 Å². The van der Waals surface area contributed by atoms with E-state index in [-0.39, 0.29) is 12.5 Å². The average molecular weight is 326 g/mol. The van der Waals surface area contributed by atoms with E-state index in [2.05, 4.69) is 30.5 Å². The van der Waals surface area contributed by atoms with Crippen LogP contribution in [-0.2, 0) is 4.79 Å². The van der Waals surface area contributed by atoms with Gasteiger partial charge in [-0.2, -0.15) is 0 Å². The Labute approximate surface area is 144 Å². The van der Waals surface area contributed by atoms with Gasteiger partial charge in [0, 0.05) is 5.69 Å². The topological polar surface area (TPSA) is 50.4 Å².